The van der Waals surface area contributed by atoms with Crippen LogP contribution in [-0.2, 0) is 33.7 Å². The van der Waals surface area contributed by atoms with Crippen LogP contribution in [0.3, 0.4) is 0 Å². The van der Waals surface area contributed by atoms with Crippen LogP contribution in [0.15, 0.2) is 101 Å². The van der Waals surface area contributed by atoms with E-state index in [0.717, 1.165) is 68.1 Å². The molecule has 382 valence electrons. The van der Waals surface area contributed by atoms with Gasteiger partial charge in [-0.05, 0) is 67.6 Å². The number of carbonyl (C=O) groups is 1. The van der Waals surface area contributed by atoms with Gasteiger partial charge >= 0.3 is 5.69 Å². The maximum Gasteiger partial charge on any atom is 0.330 e. The molecule has 3 unspecified atom stereocenters. The van der Waals surface area contributed by atoms with Crippen LogP contribution in [0.4, 0.5) is 0 Å². The normalized spacial score (nSPS) is 17.3. The van der Waals surface area contributed by atoms with E-state index in [1.54, 1.807) is 14.2 Å². The summed E-state index contributed by atoms with van der Waals surface area (Å²) in [5.41, 5.74) is -0.189. The van der Waals surface area contributed by atoms with Crippen molar-refractivity contribution >= 4 is 14.4 Å². The second-order valence-corrected chi connectivity index (χ2v) is 19.2. The fourth-order valence-electron chi connectivity index (χ4n) is 8.67. The van der Waals surface area contributed by atoms with Crippen LogP contribution in [-0.4, -0.2) is 91.8 Å². The number of nitrogens with zero attached hydrogens (tertiary/aromatic N) is 3. The Bertz CT molecular complexity index is 2210. The molecule has 2 heterocycles. The van der Waals surface area contributed by atoms with Crippen molar-refractivity contribution in [1.82, 2.24) is 19.5 Å². The molecule has 15 nitrogen and oxygen atoms in total. The monoisotopic (exact) mass is 986 g/mol. The SMILES string of the molecule is CCCCCCCCN(CCCCCCCC)C(=O)COC1C(OP(NC(C)C)OCCC#N)[C@H](n2ccc(=O)[nH]c2=O)O[C@@H]1COC(c1ccccc1)(c1ccc(OC)cc1)c1ccc(OC)cc1. The zero-order chi connectivity index (χ0) is 50.1. The van der Waals surface area contributed by atoms with Crippen LogP contribution in [0.25, 0.3) is 0 Å². The lowest BCUT2D eigenvalue weighted by Gasteiger charge is -2.37. The minimum Gasteiger partial charge on any atom is -0.497 e. The number of H-pyrrole nitrogens is 1. The number of methoxy groups -OCH3 is 2. The summed E-state index contributed by atoms with van der Waals surface area (Å²) in [5.74, 6) is 1.17. The summed E-state index contributed by atoms with van der Waals surface area (Å²) in [4.78, 5) is 44.9. The molecular formula is C54H76N5O10P. The molecule has 70 heavy (non-hydrogen) atoms. The summed E-state index contributed by atoms with van der Waals surface area (Å²) in [6.45, 7) is 9.16. The Morgan fingerprint density at radius 2 is 1.36 bits per heavy atom. The number of nitrogens with one attached hydrogen (secondary N) is 2. The van der Waals surface area contributed by atoms with Gasteiger partial charge < -0.3 is 37.6 Å². The second kappa shape index (κ2) is 30.1. The summed E-state index contributed by atoms with van der Waals surface area (Å²) in [6, 6.07) is 28.4. The average molecular weight is 986 g/mol. The molecule has 0 saturated carbocycles. The first-order valence-electron chi connectivity index (χ1n) is 25.2. The lowest BCUT2D eigenvalue weighted by atomic mass is 9.80. The van der Waals surface area contributed by atoms with Gasteiger partial charge in [-0.15, -0.1) is 0 Å². The van der Waals surface area contributed by atoms with Crippen LogP contribution in [0.2, 0.25) is 0 Å². The molecule has 3 aromatic carbocycles. The van der Waals surface area contributed by atoms with Crippen molar-refractivity contribution in [2.45, 2.75) is 147 Å². The zero-order valence-electron chi connectivity index (χ0n) is 42.1. The third-order valence-electron chi connectivity index (χ3n) is 12.4. The summed E-state index contributed by atoms with van der Waals surface area (Å²) < 4.78 is 46.4. The largest absolute Gasteiger partial charge is 0.497 e. The van der Waals surface area contributed by atoms with E-state index in [2.05, 4.69) is 30.0 Å². The Morgan fingerprint density at radius 3 is 1.89 bits per heavy atom. The number of hydrogen-bond donors (Lipinski definition) is 2. The fraction of sp³-hybridized carbons (Fsp3) is 0.556. The van der Waals surface area contributed by atoms with Gasteiger partial charge in [0.15, 0.2) is 6.23 Å². The molecule has 5 atom stereocenters. The number of benzene rings is 3. The molecule has 1 fully saturated rings. The summed E-state index contributed by atoms with van der Waals surface area (Å²) in [7, 11) is 1.30. The number of aromatic nitrogens is 2. The number of unbranched alkanes of at least 4 members (excludes halogenated alkanes) is 10. The van der Waals surface area contributed by atoms with E-state index in [4.69, 9.17) is 32.7 Å². The molecule has 5 rings (SSSR count). The lowest BCUT2D eigenvalue weighted by molar-refractivity contribution is -0.143. The van der Waals surface area contributed by atoms with Crippen LogP contribution in [0, 0.1) is 11.3 Å². The summed E-state index contributed by atoms with van der Waals surface area (Å²) >= 11 is 0. The van der Waals surface area contributed by atoms with Crippen molar-refractivity contribution in [1.29, 1.82) is 5.26 Å². The van der Waals surface area contributed by atoms with E-state index in [1.165, 1.54) is 42.5 Å². The number of aromatic amines is 1. The van der Waals surface area contributed by atoms with Gasteiger partial charge in [-0.2, -0.15) is 5.26 Å². The van der Waals surface area contributed by atoms with Gasteiger partial charge in [-0.25, -0.2) is 9.88 Å². The molecule has 16 heteroatoms. The molecule has 4 aromatic rings. The molecule has 0 bridgehead atoms. The Kier molecular flexibility index (Phi) is 24.1. The molecule has 1 amide bonds. The van der Waals surface area contributed by atoms with Crippen molar-refractivity contribution in [3.8, 4) is 17.6 Å². The molecule has 0 spiro atoms. The minimum atomic E-state index is -1.93. The smallest absolute Gasteiger partial charge is 0.330 e. The fourth-order valence-corrected chi connectivity index (χ4v) is 9.99. The molecule has 0 radical (unpaired) electrons. The number of nitriles is 1. The van der Waals surface area contributed by atoms with Gasteiger partial charge in [0.05, 0.1) is 39.9 Å². The van der Waals surface area contributed by atoms with Gasteiger partial charge in [0.1, 0.15) is 42.0 Å². The third kappa shape index (κ3) is 16.3. The molecule has 1 aromatic heterocycles. The highest BCUT2D eigenvalue weighted by molar-refractivity contribution is 7.45. The molecule has 1 saturated heterocycles. The van der Waals surface area contributed by atoms with Crippen LogP contribution in [0.1, 0.15) is 134 Å². The molecule has 0 aliphatic carbocycles. The second-order valence-electron chi connectivity index (χ2n) is 17.9. The Balaban J connectivity index is 1.59. The molecule has 1 aliphatic rings. The Morgan fingerprint density at radius 1 is 0.800 bits per heavy atom. The quantitative estimate of drug-likeness (QED) is 0.0263. The van der Waals surface area contributed by atoms with E-state index < -0.39 is 49.9 Å². The van der Waals surface area contributed by atoms with E-state index in [9.17, 15) is 19.6 Å². The van der Waals surface area contributed by atoms with Crippen LogP contribution in [0.5, 0.6) is 11.5 Å². The predicted octanol–water partition coefficient (Wildman–Crippen LogP) is 9.94. The average Bonchev–Trinajstić information content (AvgIpc) is 3.70. The van der Waals surface area contributed by atoms with E-state index in [-0.39, 0.29) is 38.2 Å². The van der Waals surface area contributed by atoms with Crippen molar-refractivity contribution in [3.63, 3.8) is 0 Å². The number of amides is 1. The van der Waals surface area contributed by atoms with Crippen LogP contribution < -0.4 is 25.8 Å². The molecule has 2 N–H and O–H groups in total. The maximum absolute atomic E-state index is 14.5. The number of hydrogen-bond acceptors (Lipinski definition) is 12. The Hall–Kier alpha value is -4.91. The van der Waals surface area contributed by atoms with Crippen molar-refractivity contribution < 1.29 is 37.5 Å². The van der Waals surface area contributed by atoms with Gasteiger partial charge in [0.25, 0.3) is 14.1 Å². The van der Waals surface area contributed by atoms with Crippen molar-refractivity contribution in [2.75, 3.05) is 47.1 Å². The van der Waals surface area contributed by atoms with Crippen LogP contribution >= 0.6 is 8.53 Å². The van der Waals surface area contributed by atoms with Crippen molar-refractivity contribution in [2.24, 2.45) is 0 Å². The van der Waals surface area contributed by atoms with E-state index in [0.29, 0.717) is 24.6 Å². The number of carbonyl (C=O) groups excluding carboxylic acids is 1. The minimum absolute atomic E-state index is 0.0739. The zero-order valence-corrected chi connectivity index (χ0v) is 43.0. The third-order valence-corrected chi connectivity index (χ3v) is 13.9. The van der Waals surface area contributed by atoms with Gasteiger partial charge in [0.2, 0.25) is 5.91 Å². The van der Waals surface area contributed by atoms with Gasteiger partial charge in [-0.1, -0.05) is 133 Å². The highest BCUT2D eigenvalue weighted by Gasteiger charge is 2.51. The first-order valence-corrected chi connectivity index (χ1v) is 26.3. The molecular weight excluding hydrogens is 910 g/mol. The topological polar surface area (TPSA) is 176 Å². The van der Waals surface area contributed by atoms with E-state index >= 15 is 0 Å². The first-order chi connectivity index (χ1) is 34.1. The van der Waals surface area contributed by atoms with E-state index in [1.807, 2.05) is 97.6 Å². The van der Waals surface area contributed by atoms with Gasteiger partial charge in [0, 0.05) is 31.4 Å². The lowest BCUT2D eigenvalue weighted by Crippen LogP contribution is -2.44. The first kappa shape index (κ1) is 56.0. The van der Waals surface area contributed by atoms with Crippen molar-refractivity contribution in [3.05, 3.63) is 129 Å². The number of ether oxygens (including phenoxy) is 5. The predicted molar refractivity (Wildman–Crippen MR) is 273 cm³/mol. The van der Waals surface area contributed by atoms with Gasteiger partial charge in [-0.3, -0.25) is 19.1 Å². The standard InChI is InChI=1S/C54H76N5O10P/c1-7-9-11-13-15-20-35-58(36-21-16-14-12-10-8-2)49(61)40-65-50-47(68-52(59-37-33-48(60)56-53(59)62)51(50)69-70(57-41(3)4)67-38-22-34-55)39-66-54(42-23-18-17-19-24-42,43-25-29-45(63-5)30-26-43)44-27-31-46(64-6)32-28-44/h17-19,23-33,37,41,47,50-52,57H,7-16,20-22,35-36,38-40H2,1-6H3,(H,56,60,62)/t47-,50?,51?,52-,70?/m1/s1. The number of rotatable bonds is 33. The Labute approximate surface area is 416 Å². The summed E-state index contributed by atoms with van der Waals surface area (Å²) in [5, 5.41) is 12.7. The highest BCUT2D eigenvalue weighted by atomic mass is 31.2. The summed E-state index contributed by atoms with van der Waals surface area (Å²) in [6.07, 6.45) is 10.3. The highest BCUT2D eigenvalue weighted by Crippen LogP contribution is 2.46. The maximum atomic E-state index is 14.5. The molecule has 1 aliphatic heterocycles.